The van der Waals surface area contributed by atoms with Gasteiger partial charge in [0.1, 0.15) is 0 Å². The maximum absolute atomic E-state index is 3.15. The van der Waals surface area contributed by atoms with E-state index in [4.69, 9.17) is 0 Å². The first kappa shape index (κ1) is 9.35. The maximum atomic E-state index is 3.15. The topological polar surface area (TPSA) is 0 Å². The molecule has 2 aromatic carbocycles. The number of thioether (sulfide) groups is 1. The van der Waals surface area contributed by atoms with Crippen molar-refractivity contribution in [3.8, 4) is 0 Å². The Bertz CT molecular complexity index is 452. The molecular formula is C13H11S. The van der Waals surface area contributed by atoms with Gasteiger partial charge in [-0.15, -0.1) is 0 Å². The smallest absolute Gasteiger partial charge is 0.0216 e. The van der Waals surface area contributed by atoms with Crippen LogP contribution in [0.2, 0.25) is 0 Å². The lowest BCUT2D eigenvalue weighted by atomic mass is 10.1. The molecule has 0 N–H and O–H groups in total. The van der Waals surface area contributed by atoms with Gasteiger partial charge in [0, 0.05) is 10.3 Å². The van der Waals surface area contributed by atoms with Crippen LogP contribution in [0, 0.1) is 5.41 Å². The molecular weight excluding hydrogens is 188 g/mol. The molecule has 0 bridgehead atoms. The van der Waals surface area contributed by atoms with Gasteiger partial charge in [-0.2, -0.15) is 0 Å². The van der Waals surface area contributed by atoms with Crippen molar-refractivity contribution in [1.29, 1.82) is 0 Å². The summed E-state index contributed by atoms with van der Waals surface area (Å²) >= 11 is 1.64. The first-order valence-electron chi connectivity index (χ1n) is 4.60. The Labute approximate surface area is 88.6 Å². The van der Waals surface area contributed by atoms with Crippen molar-refractivity contribution in [2.45, 2.75) is 11.8 Å². The van der Waals surface area contributed by atoms with Gasteiger partial charge in [0.15, 0.2) is 0 Å². The van der Waals surface area contributed by atoms with E-state index in [2.05, 4.69) is 47.9 Å². The fourth-order valence-electron chi connectivity index (χ4n) is 1.41. The normalized spacial score (nSPS) is 11.2. The molecule has 0 amide bonds. The third-order valence-electron chi connectivity index (χ3n) is 2.04. The predicted molar refractivity (Wildman–Crippen MR) is 63.3 cm³/mol. The highest BCUT2D eigenvalue weighted by molar-refractivity contribution is 8.01. The molecule has 0 atom stereocenters. The summed E-state index contributed by atoms with van der Waals surface area (Å²) in [7, 11) is 0. The van der Waals surface area contributed by atoms with E-state index in [1.165, 1.54) is 15.7 Å². The van der Waals surface area contributed by atoms with Gasteiger partial charge in [-0.05, 0) is 23.8 Å². The van der Waals surface area contributed by atoms with Gasteiger partial charge in [-0.1, -0.05) is 54.2 Å². The second-order valence-corrected chi connectivity index (χ2v) is 3.87. The Morgan fingerprint density at radius 1 is 1.07 bits per heavy atom. The number of hydrogen-bond donors (Lipinski definition) is 0. The highest BCUT2D eigenvalue weighted by atomic mass is 32.2. The summed E-state index contributed by atoms with van der Waals surface area (Å²) in [6.45, 7) is 1.98. The largest absolute Gasteiger partial charge is 0.0886 e. The Hall–Kier alpha value is -1.21. The van der Waals surface area contributed by atoms with Crippen molar-refractivity contribution < 1.29 is 0 Å². The molecule has 69 valence electrons. The molecule has 0 aliphatic rings. The molecule has 14 heavy (non-hydrogen) atoms. The monoisotopic (exact) mass is 199 g/mol. The number of benzene rings is 2. The molecule has 2 rings (SSSR count). The molecule has 1 radical (unpaired) electrons. The van der Waals surface area contributed by atoms with E-state index in [9.17, 15) is 0 Å². The average Bonchev–Trinajstić information content (AvgIpc) is 2.26. The number of hydrogen-bond acceptors (Lipinski definition) is 1. The zero-order chi connectivity index (χ0) is 9.80. The molecule has 0 fully saturated rings. The lowest BCUT2D eigenvalue weighted by Crippen LogP contribution is -1.74. The van der Waals surface area contributed by atoms with Crippen LogP contribution in [-0.2, 0) is 0 Å². The van der Waals surface area contributed by atoms with E-state index < -0.39 is 0 Å². The van der Waals surface area contributed by atoms with Gasteiger partial charge < -0.3 is 0 Å². The van der Waals surface area contributed by atoms with E-state index in [0.29, 0.717) is 0 Å². The van der Waals surface area contributed by atoms with Crippen molar-refractivity contribution >= 4 is 22.5 Å². The number of rotatable bonds is 2. The molecule has 0 aliphatic carbocycles. The lowest BCUT2D eigenvalue weighted by molar-refractivity contribution is 1.55. The Morgan fingerprint density at radius 2 is 1.86 bits per heavy atom. The fraction of sp³-hybridized carbons (Fsp3) is 0.0769. The van der Waals surface area contributed by atoms with Gasteiger partial charge in [0.25, 0.3) is 0 Å². The van der Waals surface area contributed by atoms with Crippen LogP contribution in [0.3, 0.4) is 0 Å². The SMILES string of the molecule is C/C=[C]/Sc1cccc2ccccc12. The third-order valence-corrected chi connectivity index (χ3v) is 2.97. The summed E-state index contributed by atoms with van der Waals surface area (Å²) in [5.74, 6) is 0. The first-order chi connectivity index (χ1) is 6.92. The maximum Gasteiger partial charge on any atom is 0.0216 e. The Balaban J connectivity index is 2.53. The van der Waals surface area contributed by atoms with Crippen LogP contribution >= 0.6 is 11.8 Å². The second-order valence-electron chi connectivity index (χ2n) is 2.99. The van der Waals surface area contributed by atoms with Crippen molar-refractivity contribution in [3.05, 3.63) is 53.9 Å². The minimum atomic E-state index is 1.27. The molecule has 0 saturated carbocycles. The van der Waals surface area contributed by atoms with Crippen LogP contribution in [-0.4, -0.2) is 0 Å². The van der Waals surface area contributed by atoms with Crippen molar-refractivity contribution in [2.24, 2.45) is 0 Å². The lowest BCUT2D eigenvalue weighted by Gasteiger charge is -2.02. The molecule has 2 aromatic rings. The second kappa shape index (κ2) is 4.34. The van der Waals surface area contributed by atoms with Crippen LogP contribution in [0.5, 0.6) is 0 Å². The third kappa shape index (κ3) is 1.83. The van der Waals surface area contributed by atoms with E-state index in [1.54, 1.807) is 11.8 Å². The van der Waals surface area contributed by atoms with Gasteiger partial charge >= 0.3 is 0 Å². The van der Waals surface area contributed by atoms with E-state index >= 15 is 0 Å². The van der Waals surface area contributed by atoms with Crippen molar-refractivity contribution in [2.75, 3.05) is 0 Å². The highest BCUT2D eigenvalue weighted by Crippen LogP contribution is 2.27. The van der Waals surface area contributed by atoms with Gasteiger partial charge in [-0.3, -0.25) is 0 Å². The summed E-state index contributed by atoms with van der Waals surface area (Å²) in [5.41, 5.74) is 0. The molecule has 0 saturated heterocycles. The standard InChI is InChI=1S/C13H11S/c1-2-10-14-13-9-5-7-11-6-3-4-8-12(11)13/h2-9H,1H3. The molecule has 0 heterocycles. The van der Waals surface area contributed by atoms with Crippen LogP contribution in [0.4, 0.5) is 0 Å². The quantitative estimate of drug-likeness (QED) is 0.651. The fourth-order valence-corrected chi connectivity index (χ4v) is 2.09. The van der Waals surface area contributed by atoms with Crippen LogP contribution in [0.1, 0.15) is 6.92 Å². The number of allylic oxidation sites excluding steroid dienone is 1. The van der Waals surface area contributed by atoms with Crippen LogP contribution in [0.15, 0.2) is 53.4 Å². The van der Waals surface area contributed by atoms with Gasteiger partial charge in [0.05, 0.1) is 0 Å². The summed E-state index contributed by atoms with van der Waals surface area (Å²) in [5, 5.41) is 5.74. The molecule has 1 heteroatoms. The minimum absolute atomic E-state index is 1.27. The van der Waals surface area contributed by atoms with Crippen molar-refractivity contribution in [1.82, 2.24) is 0 Å². The van der Waals surface area contributed by atoms with Gasteiger partial charge in [-0.25, -0.2) is 0 Å². The van der Waals surface area contributed by atoms with Crippen LogP contribution < -0.4 is 0 Å². The average molecular weight is 199 g/mol. The van der Waals surface area contributed by atoms with Crippen LogP contribution in [0.25, 0.3) is 10.8 Å². The summed E-state index contributed by atoms with van der Waals surface area (Å²) in [6.07, 6.45) is 1.94. The Morgan fingerprint density at radius 3 is 2.71 bits per heavy atom. The summed E-state index contributed by atoms with van der Waals surface area (Å²) in [6, 6.07) is 14.8. The molecule has 0 unspecified atom stereocenters. The predicted octanol–water partition coefficient (Wildman–Crippen LogP) is 4.27. The summed E-state index contributed by atoms with van der Waals surface area (Å²) < 4.78 is 0. The summed E-state index contributed by atoms with van der Waals surface area (Å²) in [4.78, 5) is 1.27. The first-order valence-corrected chi connectivity index (χ1v) is 5.41. The van der Waals surface area contributed by atoms with E-state index in [-0.39, 0.29) is 0 Å². The molecule has 0 nitrogen and oxygen atoms in total. The van der Waals surface area contributed by atoms with Gasteiger partial charge in [0.2, 0.25) is 0 Å². The molecule has 0 aromatic heterocycles. The molecule has 0 spiro atoms. The minimum Gasteiger partial charge on any atom is -0.0886 e. The molecule has 0 aliphatic heterocycles. The van der Waals surface area contributed by atoms with Crippen molar-refractivity contribution in [3.63, 3.8) is 0 Å². The zero-order valence-electron chi connectivity index (χ0n) is 8.03. The zero-order valence-corrected chi connectivity index (χ0v) is 8.84. The van der Waals surface area contributed by atoms with E-state index in [1.807, 2.05) is 13.0 Å². The highest BCUT2D eigenvalue weighted by Gasteiger charge is 1.97. The van der Waals surface area contributed by atoms with E-state index in [0.717, 1.165) is 0 Å². The Kier molecular flexibility index (Phi) is 2.90. The number of fused-ring (bicyclic) bond motifs is 1.